The first-order chi connectivity index (χ1) is 9.09. The standard InChI is InChI=1S/C11H14N6O2/c12-8-7-9(16-10(13)15-8)17(5-14-7)2-6-1-11(6,3-18)4-19/h2,5,18-19H,1,3-4H2,(H4,12,13,15,16)/b6-2+. The first-order valence-corrected chi connectivity index (χ1v) is 5.78. The summed E-state index contributed by atoms with van der Waals surface area (Å²) in [4.78, 5) is 12.1. The van der Waals surface area contributed by atoms with Gasteiger partial charge in [-0.2, -0.15) is 9.97 Å². The van der Waals surface area contributed by atoms with Gasteiger partial charge < -0.3 is 21.7 Å². The molecule has 2 aromatic rings. The van der Waals surface area contributed by atoms with Crippen LogP contribution in [0.3, 0.4) is 0 Å². The van der Waals surface area contributed by atoms with E-state index in [1.54, 1.807) is 17.1 Å². The minimum Gasteiger partial charge on any atom is -0.395 e. The Balaban J connectivity index is 2.06. The van der Waals surface area contributed by atoms with E-state index in [4.69, 9.17) is 11.5 Å². The van der Waals surface area contributed by atoms with Crippen molar-refractivity contribution in [1.29, 1.82) is 0 Å². The Bertz CT molecular complexity index is 673. The second kappa shape index (κ2) is 3.90. The molecule has 0 bridgehead atoms. The third kappa shape index (κ3) is 1.72. The number of hydrogen-bond acceptors (Lipinski definition) is 7. The van der Waals surface area contributed by atoms with Crippen LogP contribution in [0.2, 0.25) is 0 Å². The number of hydrogen-bond donors (Lipinski definition) is 4. The van der Waals surface area contributed by atoms with Gasteiger partial charge in [0.25, 0.3) is 0 Å². The Morgan fingerprint density at radius 3 is 2.68 bits per heavy atom. The maximum atomic E-state index is 9.27. The van der Waals surface area contributed by atoms with E-state index < -0.39 is 5.41 Å². The van der Waals surface area contributed by atoms with E-state index in [1.807, 2.05) is 0 Å². The van der Waals surface area contributed by atoms with E-state index in [9.17, 15) is 10.2 Å². The number of aliphatic hydroxyl groups is 2. The fraction of sp³-hybridized carbons (Fsp3) is 0.364. The summed E-state index contributed by atoms with van der Waals surface area (Å²) in [7, 11) is 0. The van der Waals surface area contributed by atoms with Crippen molar-refractivity contribution < 1.29 is 10.2 Å². The highest BCUT2D eigenvalue weighted by atomic mass is 16.3. The van der Waals surface area contributed by atoms with E-state index in [0.29, 0.717) is 17.6 Å². The minimum atomic E-state index is -0.513. The van der Waals surface area contributed by atoms with Crippen LogP contribution in [0, 0.1) is 5.41 Å². The lowest BCUT2D eigenvalue weighted by molar-refractivity contribution is 0.143. The minimum absolute atomic E-state index is 0.0801. The monoisotopic (exact) mass is 262 g/mol. The molecule has 2 aromatic heterocycles. The predicted molar refractivity (Wildman–Crippen MR) is 69.6 cm³/mol. The summed E-state index contributed by atoms with van der Waals surface area (Å²) in [6.07, 6.45) is 3.99. The lowest BCUT2D eigenvalue weighted by Gasteiger charge is -2.05. The predicted octanol–water partition coefficient (Wildman–Crippen LogP) is -0.794. The Labute approximate surface area is 108 Å². The Hall–Kier alpha value is -2.19. The topological polar surface area (TPSA) is 136 Å². The summed E-state index contributed by atoms with van der Waals surface area (Å²) < 4.78 is 1.67. The molecule has 0 spiro atoms. The Morgan fingerprint density at radius 1 is 1.32 bits per heavy atom. The van der Waals surface area contributed by atoms with Crippen molar-refractivity contribution in [2.45, 2.75) is 6.42 Å². The number of nitrogens with two attached hydrogens (primary N) is 2. The van der Waals surface area contributed by atoms with Crippen LogP contribution in [0.25, 0.3) is 17.4 Å². The highest BCUT2D eigenvalue weighted by Crippen LogP contribution is 2.51. The van der Waals surface area contributed by atoms with Gasteiger partial charge >= 0.3 is 0 Å². The molecule has 0 radical (unpaired) electrons. The molecule has 6 N–H and O–H groups in total. The largest absolute Gasteiger partial charge is 0.395 e. The molecular weight excluding hydrogens is 248 g/mol. The normalized spacial score (nSPS) is 19.2. The van der Waals surface area contributed by atoms with Crippen LogP contribution >= 0.6 is 0 Å². The van der Waals surface area contributed by atoms with Gasteiger partial charge in [0.15, 0.2) is 17.0 Å². The molecular formula is C11H14N6O2. The van der Waals surface area contributed by atoms with Crippen molar-refractivity contribution in [3.63, 3.8) is 0 Å². The van der Waals surface area contributed by atoms with Gasteiger partial charge in [-0.1, -0.05) is 0 Å². The average Bonchev–Trinajstić information content (AvgIpc) is 2.94. The molecule has 1 aliphatic rings. The fourth-order valence-electron chi connectivity index (χ4n) is 2.09. The van der Waals surface area contributed by atoms with Crippen LogP contribution < -0.4 is 11.5 Å². The fourth-order valence-corrected chi connectivity index (χ4v) is 2.09. The van der Waals surface area contributed by atoms with E-state index >= 15 is 0 Å². The molecule has 3 rings (SSSR count). The summed E-state index contributed by atoms with van der Waals surface area (Å²) in [6, 6.07) is 0. The Kier molecular flexibility index (Phi) is 2.44. The molecule has 2 heterocycles. The van der Waals surface area contributed by atoms with Crippen LogP contribution in [-0.2, 0) is 0 Å². The van der Waals surface area contributed by atoms with Gasteiger partial charge in [-0.25, -0.2) is 4.98 Å². The molecule has 8 nitrogen and oxygen atoms in total. The molecule has 0 atom stereocenters. The quantitative estimate of drug-likeness (QED) is 0.568. The van der Waals surface area contributed by atoms with Crippen molar-refractivity contribution >= 4 is 29.1 Å². The molecule has 1 saturated carbocycles. The molecule has 0 aliphatic heterocycles. The zero-order valence-corrected chi connectivity index (χ0v) is 10.1. The van der Waals surface area contributed by atoms with Crippen LogP contribution in [-0.4, -0.2) is 42.9 Å². The van der Waals surface area contributed by atoms with Crippen molar-refractivity contribution in [2.75, 3.05) is 24.7 Å². The van der Waals surface area contributed by atoms with Gasteiger partial charge in [-0.15, -0.1) is 0 Å². The van der Waals surface area contributed by atoms with Gasteiger partial charge in [-0.05, 0) is 12.0 Å². The van der Waals surface area contributed by atoms with Crippen molar-refractivity contribution in [3.8, 4) is 0 Å². The highest BCUT2D eigenvalue weighted by Gasteiger charge is 2.48. The van der Waals surface area contributed by atoms with E-state index in [1.165, 1.54) is 0 Å². The van der Waals surface area contributed by atoms with Crippen LogP contribution in [0.5, 0.6) is 0 Å². The lowest BCUT2D eigenvalue weighted by atomic mass is 10.1. The second-order valence-electron chi connectivity index (χ2n) is 4.72. The van der Waals surface area contributed by atoms with E-state index in [0.717, 1.165) is 5.57 Å². The van der Waals surface area contributed by atoms with Crippen LogP contribution in [0.1, 0.15) is 6.42 Å². The number of nitrogen functional groups attached to an aromatic ring is 2. The van der Waals surface area contributed by atoms with Gasteiger partial charge in [-0.3, -0.25) is 4.57 Å². The number of aliphatic hydroxyl groups excluding tert-OH is 2. The van der Waals surface area contributed by atoms with Crippen molar-refractivity contribution in [2.24, 2.45) is 5.41 Å². The van der Waals surface area contributed by atoms with Crippen LogP contribution in [0.15, 0.2) is 11.9 Å². The highest BCUT2D eigenvalue weighted by molar-refractivity contribution is 5.84. The molecule has 0 aromatic carbocycles. The Morgan fingerprint density at radius 2 is 2.05 bits per heavy atom. The first kappa shape index (κ1) is 11.9. The molecule has 19 heavy (non-hydrogen) atoms. The van der Waals surface area contributed by atoms with E-state index in [2.05, 4.69) is 15.0 Å². The van der Waals surface area contributed by atoms with Gasteiger partial charge in [0.1, 0.15) is 6.33 Å². The average molecular weight is 262 g/mol. The number of nitrogens with zero attached hydrogens (tertiary/aromatic N) is 4. The molecule has 1 aliphatic carbocycles. The van der Waals surface area contributed by atoms with Crippen molar-refractivity contribution in [3.05, 3.63) is 11.9 Å². The third-order valence-corrected chi connectivity index (χ3v) is 3.45. The second-order valence-corrected chi connectivity index (χ2v) is 4.72. The number of anilines is 2. The van der Waals surface area contributed by atoms with Gasteiger partial charge in [0, 0.05) is 11.6 Å². The zero-order chi connectivity index (χ0) is 13.6. The van der Waals surface area contributed by atoms with E-state index in [-0.39, 0.29) is 25.0 Å². The molecule has 0 unspecified atom stereocenters. The lowest BCUT2D eigenvalue weighted by Crippen LogP contribution is -2.12. The SMILES string of the molecule is Nc1nc(N)c2ncn(/C=C3\CC3(CO)CO)c2n1. The van der Waals surface area contributed by atoms with Crippen LogP contribution in [0.4, 0.5) is 11.8 Å². The van der Waals surface area contributed by atoms with Gasteiger partial charge in [0.2, 0.25) is 5.95 Å². The molecule has 0 saturated heterocycles. The summed E-state index contributed by atoms with van der Waals surface area (Å²) in [6.45, 7) is -0.164. The molecule has 0 amide bonds. The maximum absolute atomic E-state index is 9.27. The third-order valence-electron chi connectivity index (χ3n) is 3.45. The number of aromatic nitrogens is 4. The summed E-state index contributed by atoms with van der Waals surface area (Å²) in [5.41, 5.74) is 12.7. The zero-order valence-electron chi connectivity index (χ0n) is 10.1. The number of imidazole rings is 1. The molecule has 100 valence electrons. The van der Waals surface area contributed by atoms with Gasteiger partial charge in [0.05, 0.1) is 13.2 Å². The first-order valence-electron chi connectivity index (χ1n) is 5.78. The number of fused-ring (bicyclic) bond motifs is 1. The number of rotatable bonds is 3. The maximum Gasteiger partial charge on any atom is 0.224 e. The summed E-state index contributed by atoms with van der Waals surface area (Å²) >= 11 is 0. The smallest absolute Gasteiger partial charge is 0.224 e. The molecule has 8 heteroatoms. The summed E-state index contributed by atoms with van der Waals surface area (Å²) in [5, 5.41) is 18.5. The molecule has 1 fully saturated rings. The summed E-state index contributed by atoms with van der Waals surface area (Å²) in [5.74, 6) is 0.308. The van der Waals surface area contributed by atoms with Crippen molar-refractivity contribution in [1.82, 2.24) is 19.5 Å².